The number of ether oxygens (including phenoxy) is 2. The number of amides is 1. The van der Waals surface area contributed by atoms with Crippen molar-refractivity contribution >= 4 is 5.91 Å². The minimum Gasteiger partial charge on any atom is -0.491 e. The summed E-state index contributed by atoms with van der Waals surface area (Å²) in [4.78, 5) is 12.4. The van der Waals surface area contributed by atoms with Crippen molar-refractivity contribution in [1.29, 1.82) is 0 Å². The molecule has 0 saturated carbocycles. The summed E-state index contributed by atoms with van der Waals surface area (Å²) in [6.45, 7) is 10.9. The van der Waals surface area contributed by atoms with Gasteiger partial charge in [-0.15, -0.1) is 0 Å². The van der Waals surface area contributed by atoms with Crippen molar-refractivity contribution in [2.75, 3.05) is 13.2 Å². The summed E-state index contributed by atoms with van der Waals surface area (Å²) < 4.78 is 11.7. The second-order valence-corrected chi connectivity index (χ2v) is 6.69. The monoisotopic (exact) mass is 355 g/mol. The van der Waals surface area contributed by atoms with Crippen LogP contribution in [0.5, 0.6) is 11.5 Å². The minimum absolute atomic E-state index is 0.113. The van der Waals surface area contributed by atoms with Gasteiger partial charge in [-0.25, -0.2) is 0 Å². The molecule has 2 aromatic rings. The maximum Gasteiger partial charge on any atom is 0.261 e. The molecule has 1 atom stereocenters. The van der Waals surface area contributed by atoms with Crippen molar-refractivity contribution in [2.45, 2.75) is 47.1 Å². The Kier molecular flexibility index (Phi) is 7.07. The number of rotatable bonds is 8. The highest BCUT2D eigenvalue weighted by Gasteiger charge is 2.18. The molecule has 4 heteroatoms. The molecule has 4 nitrogen and oxygen atoms in total. The molecule has 0 aliphatic rings. The average Bonchev–Trinajstić information content (AvgIpc) is 2.62. The smallest absolute Gasteiger partial charge is 0.261 e. The van der Waals surface area contributed by atoms with E-state index in [1.54, 1.807) is 0 Å². The van der Waals surface area contributed by atoms with Gasteiger partial charge in [0.25, 0.3) is 5.91 Å². The molecule has 0 aliphatic heterocycles. The van der Waals surface area contributed by atoms with E-state index in [0.29, 0.717) is 19.6 Å². The minimum atomic E-state index is -0.504. The van der Waals surface area contributed by atoms with Crippen molar-refractivity contribution in [3.63, 3.8) is 0 Å². The first-order valence-corrected chi connectivity index (χ1v) is 9.12. The fourth-order valence-electron chi connectivity index (χ4n) is 2.62. The Hall–Kier alpha value is -2.49. The maximum absolute atomic E-state index is 12.4. The summed E-state index contributed by atoms with van der Waals surface area (Å²) in [5.41, 5.74) is 4.39. The molecule has 0 heterocycles. The van der Waals surface area contributed by atoms with E-state index >= 15 is 0 Å². The lowest BCUT2D eigenvalue weighted by molar-refractivity contribution is -0.128. The van der Waals surface area contributed by atoms with Gasteiger partial charge in [0.1, 0.15) is 18.1 Å². The fraction of sp³-hybridized carbons (Fsp3) is 0.409. The molecule has 2 aromatic carbocycles. The molecule has 2 rings (SSSR count). The molecule has 1 amide bonds. The number of aryl methyl sites for hydroxylation is 4. The Bertz CT molecular complexity index is 755. The molecule has 0 saturated heterocycles. The molecule has 0 bridgehead atoms. The van der Waals surface area contributed by atoms with Crippen molar-refractivity contribution in [3.8, 4) is 11.5 Å². The molecule has 0 radical (unpaired) electrons. The summed E-state index contributed by atoms with van der Waals surface area (Å²) in [5, 5.41) is 2.90. The van der Waals surface area contributed by atoms with Gasteiger partial charge >= 0.3 is 0 Å². The van der Waals surface area contributed by atoms with Gasteiger partial charge in [-0.1, -0.05) is 31.2 Å². The third-order valence-corrected chi connectivity index (χ3v) is 4.28. The SMILES string of the molecule is CC[C@H](Oc1cc(C)ccc1C)C(=O)NCCOc1cc(C)ccc1C. The fourth-order valence-corrected chi connectivity index (χ4v) is 2.62. The lowest BCUT2D eigenvalue weighted by atomic mass is 10.1. The van der Waals surface area contributed by atoms with Gasteiger partial charge < -0.3 is 14.8 Å². The largest absolute Gasteiger partial charge is 0.491 e. The normalized spacial score (nSPS) is 11.7. The molecule has 140 valence electrons. The molecule has 0 aromatic heterocycles. The van der Waals surface area contributed by atoms with Crippen LogP contribution in [0.15, 0.2) is 36.4 Å². The number of carbonyl (C=O) groups is 1. The molecule has 0 unspecified atom stereocenters. The van der Waals surface area contributed by atoms with Crippen LogP contribution in [0.25, 0.3) is 0 Å². The zero-order valence-electron chi connectivity index (χ0n) is 16.4. The predicted octanol–water partition coefficient (Wildman–Crippen LogP) is 4.27. The van der Waals surface area contributed by atoms with E-state index in [1.807, 2.05) is 65.0 Å². The molecule has 0 spiro atoms. The third kappa shape index (κ3) is 5.51. The predicted molar refractivity (Wildman–Crippen MR) is 105 cm³/mol. The summed E-state index contributed by atoms with van der Waals surface area (Å²) in [5.74, 6) is 1.51. The summed E-state index contributed by atoms with van der Waals surface area (Å²) >= 11 is 0. The quantitative estimate of drug-likeness (QED) is 0.719. The molecule has 26 heavy (non-hydrogen) atoms. The van der Waals surface area contributed by atoms with Crippen LogP contribution in [-0.4, -0.2) is 25.2 Å². The van der Waals surface area contributed by atoms with Gasteiger partial charge in [0.2, 0.25) is 0 Å². The highest BCUT2D eigenvalue weighted by molar-refractivity contribution is 5.81. The number of carbonyl (C=O) groups excluding carboxylic acids is 1. The number of hydrogen-bond donors (Lipinski definition) is 1. The van der Waals surface area contributed by atoms with E-state index in [2.05, 4.69) is 11.4 Å². The van der Waals surface area contributed by atoms with Crippen LogP contribution in [0.3, 0.4) is 0 Å². The second kappa shape index (κ2) is 9.27. The second-order valence-electron chi connectivity index (χ2n) is 6.69. The zero-order valence-corrected chi connectivity index (χ0v) is 16.4. The Balaban J connectivity index is 1.85. The molecule has 0 aliphatic carbocycles. The van der Waals surface area contributed by atoms with Crippen LogP contribution in [0.1, 0.15) is 35.6 Å². The highest BCUT2D eigenvalue weighted by atomic mass is 16.5. The summed E-state index contributed by atoms with van der Waals surface area (Å²) in [6.07, 6.45) is 0.105. The summed E-state index contributed by atoms with van der Waals surface area (Å²) in [6, 6.07) is 12.1. The Morgan fingerprint density at radius 2 is 1.54 bits per heavy atom. The van der Waals surface area contributed by atoms with Crippen LogP contribution in [0, 0.1) is 27.7 Å². The molecular weight excluding hydrogens is 326 g/mol. The van der Waals surface area contributed by atoms with Crippen LogP contribution in [-0.2, 0) is 4.79 Å². The standard InChI is InChI=1S/C22H29NO3/c1-6-19(26-21-14-16(3)8-10-18(21)5)22(24)23-11-12-25-20-13-15(2)7-9-17(20)4/h7-10,13-14,19H,6,11-12H2,1-5H3,(H,23,24)/t19-/m0/s1. The molecular formula is C22H29NO3. The summed E-state index contributed by atoms with van der Waals surface area (Å²) in [7, 11) is 0. The molecule has 1 N–H and O–H groups in total. The molecule has 0 fully saturated rings. The van der Waals surface area contributed by atoms with Gasteiger partial charge in [0.15, 0.2) is 6.10 Å². The van der Waals surface area contributed by atoms with Crippen molar-refractivity contribution < 1.29 is 14.3 Å². The highest BCUT2D eigenvalue weighted by Crippen LogP contribution is 2.21. The first-order chi connectivity index (χ1) is 12.4. The number of nitrogens with one attached hydrogen (secondary N) is 1. The van der Waals surface area contributed by atoms with Gasteiger partial charge in [0.05, 0.1) is 6.54 Å². The Morgan fingerprint density at radius 3 is 2.15 bits per heavy atom. The topological polar surface area (TPSA) is 47.6 Å². The van der Waals surface area contributed by atoms with E-state index in [0.717, 1.165) is 33.8 Å². The van der Waals surface area contributed by atoms with E-state index in [1.165, 1.54) is 0 Å². The Labute approximate surface area is 156 Å². The van der Waals surface area contributed by atoms with Crippen molar-refractivity contribution in [1.82, 2.24) is 5.32 Å². The Morgan fingerprint density at radius 1 is 0.962 bits per heavy atom. The van der Waals surface area contributed by atoms with Gasteiger partial charge in [0, 0.05) is 0 Å². The van der Waals surface area contributed by atoms with Crippen molar-refractivity contribution in [3.05, 3.63) is 58.7 Å². The van der Waals surface area contributed by atoms with Crippen LogP contribution in [0.4, 0.5) is 0 Å². The lowest BCUT2D eigenvalue weighted by Gasteiger charge is -2.19. The zero-order chi connectivity index (χ0) is 19.1. The van der Waals surface area contributed by atoms with E-state index in [-0.39, 0.29) is 5.91 Å². The van der Waals surface area contributed by atoms with E-state index < -0.39 is 6.10 Å². The lowest BCUT2D eigenvalue weighted by Crippen LogP contribution is -2.39. The van der Waals surface area contributed by atoms with Crippen LogP contribution in [0.2, 0.25) is 0 Å². The first kappa shape index (κ1) is 19.8. The number of hydrogen-bond acceptors (Lipinski definition) is 3. The van der Waals surface area contributed by atoms with Gasteiger partial charge in [-0.2, -0.15) is 0 Å². The van der Waals surface area contributed by atoms with Crippen LogP contribution >= 0.6 is 0 Å². The van der Waals surface area contributed by atoms with Gasteiger partial charge in [-0.05, 0) is 68.5 Å². The van der Waals surface area contributed by atoms with Crippen LogP contribution < -0.4 is 14.8 Å². The first-order valence-electron chi connectivity index (χ1n) is 9.12. The maximum atomic E-state index is 12.4. The third-order valence-electron chi connectivity index (χ3n) is 4.28. The van der Waals surface area contributed by atoms with E-state index in [4.69, 9.17) is 9.47 Å². The van der Waals surface area contributed by atoms with Gasteiger partial charge in [-0.3, -0.25) is 4.79 Å². The van der Waals surface area contributed by atoms with E-state index in [9.17, 15) is 4.79 Å². The van der Waals surface area contributed by atoms with Crippen molar-refractivity contribution in [2.24, 2.45) is 0 Å². The number of benzene rings is 2. The average molecular weight is 355 g/mol.